The van der Waals surface area contributed by atoms with Crippen LogP contribution in [-0.4, -0.2) is 114 Å². The lowest BCUT2D eigenvalue weighted by molar-refractivity contribution is -0.136. The van der Waals surface area contributed by atoms with E-state index < -0.39 is 29.8 Å². The number of rotatable bonds is 13. The molecule has 3 aliphatic rings. The van der Waals surface area contributed by atoms with Gasteiger partial charge in [0, 0.05) is 47.7 Å². The summed E-state index contributed by atoms with van der Waals surface area (Å²) in [6, 6.07) is 16.5. The number of aromatic nitrogens is 7. The number of alkyl carbamates (subject to hydrolysis) is 2. The number of carbonyl (C=O) groups excluding carboxylic acids is 5. The summed E-state index contributed by atoms with van der Waals surface area (Å²) < 4.78 is 18.5. The Hall–Kier alpha value is -8.16. The lowest BCUT2D eigenvalue weighted by atomic mass is 9.95. The average Bonchev–Trinajstić information content (AvgIpc) is 4.26. The van der Waals surface area contributed by atoms with Crippen LogP contribution in [0.5, 0.6) is 5.75 Å². The fourth-order valence-electron chi connectivity index (χ4n) is 11.0. The van der Waals surface area contributed by atoms with Crippen LogP contribution in [0.15, 0.2) is 67.0 Å². The van der Waals surface area contributed by atoms with Crippen LogP contribution < -0.4 is 20.7 Å². The number of nitrogens with zero attached hydrogens (tertiary/aromatic N) is 6. The minimum Gasteiger partial charge on any atom is -0.472 e. The van der Waals surface area contributed by atoms with Gasteiger partial charge in [-0.25, -0.2) is 24.5 Å². The fourth-order valence-corrected chi connectivity index (χ4v) is 11.0. The smallest absolute Gasteiger partial charge is 0.407 e. The molecule has 0 aliphatic carbocycles. The number of benzene rings is 3. The number of H-pyrrole nitrogens is 3. The van der Waals surface area contributed by atoms with E-state index in [9.17, 15) is 24.0 Å². The van der Waals surface area contributed by atoms with E-state index >= 15 is 0 Å². The highest BCUT2D eigenvalue weighted by Gasteiger charge is 2.40. The van der Waals surface area contributed by atoms with Crippen molar-refractivity contribution in [1.29, 1.82) is 0 Å². The van der Waals surface area contributed by atoms with Gasteiger partial charge in [0.1, 0.15) is 35.3 Å². The standard InChI is InChI=1S/C55H64N12O8/c1-28(2)45(62-53(71)73-8)50(69)65-20-10-12-41(65)48-56-25-38(58-48)31-16-19-40-35(22-31)44(33-15-18-36-37(23-33)61-52(60-36)55(6,7)64-30(5)68)47-34-17-14-32(24-43(34)75-27-67(40)47)39-26-57-49(59-39)42-13-11-21-66(42)51(70)46(29(3)4)63-54(72)74-9/h14-19,22-26,28-29,41-42,45-46H,10-13,20-21,27H2,1-9H3,(H,56,58)(H,57,59)(H,60,61)(H,62,71)(H,63,72)(H,64,68)/t41-,42?,45-,46?/m0/s1. The molecule has 0 saturated carbocycles. The van der Waals surface area contributed by atoms with Crippen LogP contribution in [-0.2, 0) is 36.1 Å². The van der Waals surface area contributed by atoms with Crippen LogP contribution in [0, 0.1) is 11.8 Å². The average molecular weight is 1020 g/mol. The van der Waals surface area contributed by atoms with E-state index in [0.29, 0.717) is 36.3 Å². The molecule has 3 aliphatic heterocycles. The molecule has 10 rings (SSSR count). The molecule has 0 spiro atoms. The fraction of sp³-hybridized carbons (Fsp3) is 0.418. The molecule has 4 atom stereocenters. The van der Waals surface area contributed by atoms with Gasteiger partial charge in [-0.05, 0) is 93.3 Å². The van der Waals surface area contributed by atoms with E-state index in [1.165, 1.54) is 21.1 Å². The van der Waals surface area contributed by atoms with Crippen molar-refractivity contribution in [3.63, 3.8) is 0 Å². The number of hydrogen-bond acceptors (Lipinski definition) is 11. The molecule has 6 N–H and O–H groups in total. The Balaban J connectivity index is 1.02. The number of carbonyl (C=O) groups is 5. The summed E-state index contributed by atoms with van der Waals surface area (Å²) in [5.74, 6) is 1.81. The highest BCUT2D eigenvalue weighted by Crippen LogP contribution is 2.49. The zero-order chi connectivity index (χ0) is 53.0. The van der Waals surface area contributed by atoms with Crippen molar-refractivity contribution in [1.82, 2.24) is 60.2 Å². The molecule has 0 bridgehead atoms. The van der Waals surface area contributed by atoms with Crippen molar-refractivity contribution in [2.75, 3.05) is 27.3 Å². The molecule has 0 radical (unpaired) electrons. The number of methoxy groups -OCH3 is 2. The van der Waals surface area contributed by atoms with Crippen molar-refractivity contribution < 1.29 is 38.2 Å². The molecule has 20 heteroatoms. The molecule has 4 aromatic heterocycles. The van der Waals surface area contributed by atoms with Gasteiger partial charge in [-0.3, -0.25) is 14.4 Å². The van der Waals surface area contributed by atoms with Crippen LogP contribution in [0.2, 0.25) is 0 Å². The topological polar surface area (TPSA) is 247 Å². The molecular weight excluding hydrogens is 957 g/mol. The van der Waals surface area contributed by atoms with Gasteiger partial charge in [0.25, 0.3) is 0 Å². The zero-order valence-electron chi connectivity index (χ0n) is 43.7. The number of nitrogens with one attached hydrogen (secondary N) is 6. The molecule has 75 heavy (non-hydrogen) atoms. The Morgan fingerprint density at radius 1 is 0.733 bits per heavy atom. The summed E-state index contributed by atoms with van der Waals surface area (Å²) in [6.07, 6.45) is 5.32. The third-order valence-electron chi connectivity index (χ3n) is 14.8. The molecule has 5 amide bonds. The highest BCUT2D eigenvalue weighted by atomic mass is 16.5. The first-order valence-electron chi connectivity index (χ1n) is 25.6. The monoisotopic (exact) mass is 1020 g/mol. The molecular formula is C55H64N12O8. The van der Waals surface area contributed by atoms with Gasteiger partial charge < -0.3 is 59.5 Å². The van der Waals surface area contributed by atoms with Crippen LogP contribution >= 0.6 is 0 Å². The maximum absolute atomic E-state index is 14.0. The number of amides is 5. The van der Waals surface area contributed by atoms with Crippen molar-refractivity contribution in [2.24, 2.45) is 11.8 Å². The Morgan fingerprint density at radius 2 is 1.29 bits per heavy atom. The van der Waals surface area contributed by atoms with E-state index in [1.54, 1.807) is 16.0 Å². The van der Waals surface area contributed by atoms with Gasteiger partial charge in [-0.2, -0.15) is 0 Å². The van der Waals surface area contributed by atoms with E-state index in [0.717, 1.165) is 92.5 Å². The van der Waals surface area contributed by atoms with Crippen LogP contribution in [0.25, 0.3) is 66.8 Å². The predicted molar refractivity (Wildman–Crippen MR) is 281 cm³/mol. The first-order chi connectivity index (χ1) is 35.9. The minimum absolute atomic E-state index is 0.155. The second-order valence-electron chi connectivity index (χ2n) is 21.0. The number of ether oxygens (including phenoxy) is 3. The first kappa shape index (κ1) is 50.4. The third kappa shape index (κ3) is 9.41. The molecule has 20 nitrogen and oxygen atoms in total. The normalized spacial score (nSPS) is 17.2. The quantitative estimate of drug-likeness (QED) is 0.0640. The first-order valence-corrected chi connectivity index (χ1v) is 25.6. The number of hydrogen-bond donors (Lipinski definition) is 6. The van der Waals surface area contributed by atoms with E-state index in [-0.39, 0.29) is 48.4 Å². The SMILES string of the molecule is COC(=O)NC(C(=O)N1CCCC1c1ncc(-c2ccc3c(c2)OCn2c-3c(-c3ccc4nc(C(C)(C)NC(C)=O)[nH]c4c3)c3cc(-c4cnc([C@@H]5CCCN5C(=O)[C@@H](NC(=O)OC)C(C)C)[nH]4)ccc32)[nH]1)C(C)C. The summed E-state index contributed by atoms with van der Waals surface area (Å²) in [7, 11) is 2.57. The number of fused-ring (bicyclic) bond motifs is 6. The second kappa shape index (κ2) is 19.9. The van der Waals surface area contributed by atoms with E-state index in [2.05, 4.69) is 71.9 Å². The molecule has 392 valence electrons. The predicted octanol–water partition coefficient (Wildman–Crippen LogP) is 8.44. The lowest BCUT2D eigenvalue weighted by Crippen LogP contribution is -2.51. The molecule has 7 aromatic rings. The molecule has 7 heterocycles. The molecule has 3 aromatic carbocycles. The summed E-state index contributed by atoms with van der Waals surface area (Å²) in [5, 5.41) is 9.42. The summed E-state index contributed by atoms with van der Waals surface area (Å²) in [5.41, 5.74) is 8.82. The van der Waals surface area contributed by atoms with Gasteiger partial charge in [-0.1, -0.05) is 45.9 Å². The number of aromatic amines is 3. The summed E-state index contributed by atoms with van der Waals surface area (Å²) >= 11 is 0. The van der Waals surface area contributed by atoms with Crippen LogP contribution in [0.3, 0.4) is 0 Å². The largest absolute Gasteiger partial charge is 0.472 e. The Bertz CT molecular complexity index is 3360. The lowest BCUT2D eigenvalue weighted by Gasteiger charge is -2.30. The Morgan fingerprint density at radius 3 is 1.85 bits per heavy atom. The Kier molecular flexibility index (Phi) is 13.4. The molecule has 2 fully saturated rings. The van der Waals surface area contributed by atoms with Gasteiger partial charge in [-0.15, -0.1) is 0 Å². The van der Waals surface area contributed by atoms with Gasteiger partial charge >= 0.3 is 12.2 Å². The van der Waals surface area contributed by atoms with Crippen molar-refractivity contribution in [2.45, 2.75) is 111 Å². The van der Waals surface area contributed by atoms with Crippen molar-refractivity contribution in [3.8, 4) is 50.6 Å². The summed E-state index contributed by atoms with van der Waals surface area (Å²) in [6.45, 7) is 14.2. The molecule has 2 unspecified atom stereocenters. The minimum atomic E-state index is -0.751. The zero-order valence-corrected chi connectivity index (χ0v) is 43.7. The Labute approximate surface area is 433 Å². The van der Waals surface area contributed by atoms with Crippen LogP contribution in [0.4, 0.5) is 9.59 Å². The highest BCUT2D eigenvalue weighted by molar-refractivity contribution is 6.08. The summed E-state index contributed by atoms with van der Waals surface area (Å²) in [4.78, 5) is 93.1. The second-order valence-corrected chi connectivity index (χ2v) is 21.0. The van der Waals surface area contributed by atoms with Crippen molar-refractivity contribution >= 4 is 51.8 Å². The van der Waals surface area contributed by atoms with Gasteiger partial charge in [0.15, 0.2) is 6.73 Å². The van der Waals surface area contributed by atoms with E-state index in [4.69, 9.17) is 29.2 Å². The van der Waals surface area contributed by atoms with E-state index in [1.807, 2.05) is 65.9 Å². The van der Waals surface area contributed by atoms with Gasteiger partial charge in [0.05, 0.1) is 77.9 Å². The van der Waals surface area contributed by atoms with Crippen LogP contribution in [0.1, 0.15) is 104 Å². The van der Waals surface area contributed by atoms with Gasteiger partial charge in [0.2, 0.25) is 17.7 Å². The van der Waals surface area contributed by atoms with Crippen molar-refractivity contribution in [3.05, 3.63) is 84.5 Å². The maximum Gasteiger partial charge on any atom is 0.407 e. The third-order valence-corrected chi connectivity index (χ3v) is 14.8. The number of imidazole rings is 3. The molecule has 2 saturated heterocycles. The number of likely N-dealkylation sites (tertiary alicyclic amines) is 2. The maximum atomic E-state index is 14.0.